The smallest absolute Gasteiger partial charge is 0.227 e. The van der Waals surface area contributed by atoms with Crippen LogP contribution in [0, 0.1) is 23.7 Å². The van der Waals surface area contributed by atoms with Gasteiger partial charge in [-0.15, -0.1) is 0 Å². The Bertz CT molecular complexity index is 1320. The Morgan fingerprint density at radius 1 is 1.08 bits per heavy atom. The number of aryl methyl sites for hydroxylation is 1. The van der Waals surface area contributed by atoms with Gasteiger partial charge >= 0.3 is 0 Å². The first-order valence-corrected chi connectivity index (χ1v) is 13.8. The van der Waals surface area contributed by atoms with E-state index in [2.05, 4.69) is 27.8 Å². The second-order valence-corrected chi connectivity index (χ2v) is 10.8. The molecular weight excluding hydrogens is 490 g/mol. The van der Waals surface area contributed by atoms with Gasteiger partial charge in [0.15, 0.2) is 0 Å². The minimum absolute atomic E-state index is 0.0208. The van der Waals surface area contributed by atoms with Gasteiger partial charge in [0.05, 0.1) is 23.8 Å². The third-order valence-electron chi connectivity index (χ3n) is 8.55. The summed E-state index contributed by atoms with van der Waals surface area (Å²) in [6.07, 6.45) is 4.43. The maximum Gasteiger partial charge on any atom is 0.227 e. The van der Waals surface area contributed by atoms with E-state index in [-0.39, 0.29) is 48.6 Å². The van der Waals surface area contributed by atoms with Crippen LogP contribution in [-0.4, -0.2) is 60.3 Å². The van der Waals surface area contributed by atoms with E-state index in [9.17, 15) is 14.4 Å². The fraction of sp³-hybridized carbons (Fsp3) is 0.419. The Morgan fingerprint density at radius 3 is 2.62 bits per heavy atom. The monoisotopic (exact) mass is 527 g/mol. The van der Waals surface area contributed by atoms with Crippen LogP contribution in [0.25, 0.3) is 10.9 Å². The molecule has 4 unspecified atom stereocenters. The molecule has 0 saturated carbocycles. The highest BCUT2D eigenvalue weighted by atomic mass is 16.2. The Kier molecular flexibility index (Phi) is 8.21. The van der Waals surface area contributed by atoms with Gasteiger partial charge in [0.25, 0.3) is 0 Å². The van der Waals surface area contributed by atoms with Crippen molar-refractivity contribution in [2.24, 2.45) is 29.4 Å². The van der Waals surface area contributed by atoms with Crippen molar-refractivity contribution < 1.29 is 14.4 Å². The zero-order valence-electron chi connectivity index (χ0n) is 22.4. The first-order chi connectivity index (χ1) is 19.0. The van der Waals surface area contributed by atoms with Crippen molar-refractivity contribution in [2.75, 3.05) is 26.7 Å². The van der Waals surface area contributed by atoms with Crippen molar-refractivity contribution in [3.05, 3.63) is 78.0 Å². The molecule has 39 heavy (non-hydrogen) atoms. The number of nitrogens with one attached hydrogen (secondary N) is 2. The first kappa shape index (κ1) is 26.8. The fourth-order valence-corrected chi connectivity index (χ4v) is 6.64. The molecule has 8 heteroatoms. The predicted octanol–water partition coefficient (Wildman–Crippen LogP) is 2.31. The van der Waals surface area contributed by atoms with Gasteiger partial charge in [0, 0.05) is 44.3 Å². The quantitative estimate of drug-likeness (QED) is 0.395. The van der Waals surface area contributed by atoms with Gasteiger partial charge in [-0.25, -0.2) is 0 Å². The molecule has 2 fully saturated rings. The van der Waals surface area contributed by atoms with Crippen LogP contribution in [-0.2, 0) is 27.2 Å². The summed E-state index contributed by atoms with van der Waals surface area (Å²) in [5, 5.41) is 7.36. The van der Waals surface area contributed by atoms with Gasteiger partial charge in [0.1, 0.15) is 0 Å². The number of aromatic nitrogens is 1. The normalized spacial score (nSPS) is 23.3. The summed E-state index contributed by atoms with van der Waals surface area (Å²) >= 11 is 0. The van der Waals surface area contributed by atoms with Crippen molar-refractivity contribution in [1.29, 1.82) is 0 Å². The molecule has 5 atom stereocenters. The van der Waals surface area contributed by atoms with Crippen molar-refractivity contribution >= 4 is 28.6 Å². The highest BCUT2D eigenvalue weighted by Gasteiger charge is 2.51. The van der Waals surface area contributed by atoms with E-state index >= 15 is 0 Å². The molecular formula is C31H37N5O3. The number of nitrogens with zero attached hydrogens (tertiary/aromatic N) is 2. The number of hydrogen-bond donors (Lipinski definition) is 3. The number of hydrogen-bond acceptors (Lipinski definition) is 5. The minimum atomic E-state index is -0.511. The number of carbonyl (C=O) groups is 3. The van der Waals surface area contributed by atoms with Crippen LogP contribution in [0.4, 0.5) is 0 Å². The lowest BCUT2D eigenvalue weighted by Crippen LogP contribution is -2.56. The molecule has 3 heterocycles. The number of primary amides is 1. The maximum atomic E-state index is 13.5. The molecule has 2 aliphatic heterocycles. The molecule has 2 saturated heterocycles. The average Bonchev–Trinajstić information content (AvgIpc) is 3.39. The van der Waals surface area contributed by atoms with Gasteiger partial charge in [0.2, 0.25) is 17.7 Å². The molecule has 3 amide bonds. The molecule has 8 nitrogen and oxygen atoms in total. The van der Waals surface area contributed by atoms with Crippen molar-refractivity contribution in [3.8, 4) is 0 Å². The van der Waals surface area contributed by atoms with E-state index in [0.717, 1.165) is 29.3 Å². The van der Waals surface area contributed by atoms with Crippen molar-refractivity contribution in [1.82, 2.24) is 20.5 Å². The number of carbonyl (C=O) groups excluding carboxylic acids is 3. The molecule has 0 spiro atoms. The zero-order chi connectivity index (χ0) is 27.4. The fourth-order valence-electron chi connectivity index (χ4n) is 6.64. The van der Waals surface area contributed by atoms with Crippen LogP contribution in [0.2, 0.25) is 0 Å². The number of rotatable bonds is 9. The summed E-state index contributed by atoms with van der Waals surface area (Å²) in [5.74, 6) is -1.28. The Labute approximate surface area is 229 Å². The van der Waals surface area contributed by atoms with Gasteiger partial charge in [-0.1, -0.05) is 48.5 Å². The minimum Gasteiger partial charge on any atom is -0.369 e. The van der Waals surface area contributed by atoms with Crippen LogP contribution >= 0.6 is 0 Å². The molecule has 4 N–H and O–H groups in total. The third-order valence-corrected chi connectivity index (χ3v) is 8.55. The average molecular weight is 528 g/mol. The summed E-state index contributed by atoms with van der Waals surface area (Å²) < 4.78 is 0. The summed E-state index contributed by atoms with van der Waals surface area (Å²) in [6, 6.07) is 19.8. The van der Waals surface area contributed by atoms with Gasteiger partial charge < -0.3 is 21.3 Å². The molecule has 0 bridgehead atoms. The largest absolute Gasteiger partial charge is 0.369 e. The molecule has 1 aromatic heterocycles. The van der Waals surface area contributed by atoms with E-state index in [1.54, 1.807) is 18.1 Å². The van der Waals surface area contributed by atoms with E-state index in [1.165, 1.54) is 5.56 Å². The van der Waals surface area contributed by atoms with Crippen LogP contribution in [0.5, 0.6) is 0 Å². The summed E-state index contributed by atoms with van der Waals surface area (Å²) in [7, 11) is 1.66. The standard InChI is InChI=1S/C31H37N5O3/c1-33-31(39)24(12-7-10-20-8-3-2-4-9-20)29-28-22(17-35-29)18-36(19-25(28)30(32)38)27(37)16-21-14-15-34-26-13-6-5-11-23(21)26/h2-6,8-9,11,13-15,22,24-25,28-29,35H,7,10,12,16-19H2,1H3,(H2,32,38)(H,33,39)/t22?,24-,25?,28?,29?/m0/s1. The van der Waals surface area contributed by atoms with E-state index < -0.39 is 11.8 Å². The zero-order valence-corrected chi connectivity index (χ0v) is 22.4. The van der Waals surface area contributed by atoms with Crippen LogP contribution < -0.4 is 16.4 Å². The number of likely N-dealkylation sites (tertiary alicyclic amines) is 1. The Morgan fingerprint density at radius 2 is 1.85 bits per heavy atom. The van der Waals surface area contributed by atoms with Crippen LogP contribution in [0.3, 0.4) is 0 Å². The lowest BCUT2D eigenvalue weighted by Gasteiger charge is -2.42. The summed E-state index contributed by atoms with van der Waals surface area (Å²) in [5.41, 5.74) is 8.96. The highest BCUT2D eigenvalue weighted by molar-refractivity contribution is 5.88. The highest BCUT2D eigenvalue weighted by Crippen LogP contribution is 2.39. The number of fused-ring (bicyclic) bond motifs is 2. The van der Waals surface area contributed by atoms with Crippen molar-refractivity contribution in [2.45, 2.75) is 31.7 Å². The van der Waals surface area contributed by atoms with E-state index in [1.807, 2.05) is 48.5 Å². The first-order valence-electron chi connectivity index (χ1n) is 13.8. The Hall–Kier alpha value is -3.78. The second kappa shape index (κ2) is 11.9. The number of amides is 3. The second-order valence-electron chi connectivity index (χ2n) is 10.8. The lowest BCUT2D eigenvalue weighted by molar-refractivity contribution is -0.139. The molecule has 0 aliphatic carbocycles. The molecule has 0 radical (unpaired) electrons. The van der Waals surface area contributed by atoms with Crippen LogP contribution in [0.15, 0.2) is 66.9 Å². The number of benzene rings is 2. The SMILES string of the molecule is CNC(=O)[C@@H](CCCc1ccccc1)C1NCC2CN(C(=O)Cc3ccnc4ccccc34)CC(C(N)=O)C21. The van der Waals surface area contributed by atoms with Gasteiger partial charge in [-0.3, -0.25) is 19.4 Å². The van der Waals surface area contributed by atoms with Crippen molar-refractivity contribution in [3.63, 3.8) is 0 Å². The predicted molar refractivity (Wildman–Crippen MR) is 150 cm³/mol. The number of pyridine rings is 1. The molecule has 2 aromatic carbocycles. The van der Waals surface area contributed by atoms with E-state index in [4.69, 9.17) is 5.73 Å². The van der Waals surface area contributed by atoms with Gasteiger partial charge in [-0.05, 0) is 54.4 Å². The van der Waals surface area contributed by atoms with Crippen LogP contribution in [0.1, 0.15) is 24.0 Å². The lowest BCUT2D eigenvalue weighted by atomic mass is 9.71. The summed E-state index contributed by atoms with van der Waals surface area (Å²) in [4.78, 5) is 45.5. The number of piperidine rings is 1. The van der Waals surface area contributed by atoms with Gasteiger partial charge in [-0.2, -0.15) is 0 Å². The molecule has 3 aromatic rings. The maximum absolute atomic E-state index is 13.5. The topological polar surface area (TPSA) is 117 Å². The van der Waals surface area contributed by atoms with E-state index in [0.29, 0.717) is 19.5 Å². The third kappa shape index (κ3) is 5.81. The molecule has 204 valence electrons. The number of nitrogens with two attached hydrogens (primary N) is 1. The number of para-hydroxylation sites is 1. The molecule has 2 aliphatic rings. The summed E-state index contributed by atoms with van der Waals surface area (Å²) in [6.45, 7) is 1.47. The molecule has 5 rings (SSSR count). The Balaban J connectivity index is 1.30.